The summed E-state index contributed by atoms with van der Waals surface area (Å²) >= 11 is 0. The first-order chi connectivity index (χ1) is 14.0. The van der Waals surface area contributed by atoms with Crippen molar-refractivity contribution in [1.82, 2.24) is 0 Å². The number of anilines is 2. The monoisotopic (exact) mass is 387 g/mol. The Morgan fingerprint density at radius 3 is 2.34 bits per heavy atom. The van der Waals surface area contributed by atoms with Gasteiger partial charge in [-0.05, 0) is 36.4 Å². The van der Waals surface area contributed by atoms with Crippen LogP contribution in [-0.2, 0) is 0 Å². The normalized spacial score (nSPS) is 12.6. The number of nitro groups is 1. The maximum Gasteiger partial charge on any atom is 0.283 e. The molecule has 0 radical (unpaired) electrons. The van der Waals surface area contributed by atoms with Gasteiger partial charge in [-0.2, -0.15) is 0 Å². The number of rotatable bonds is 4. The highest BCUT2D eigenvalue weighted by molar-refractivity contribution is 6.35. The van der Waals surface area contributed by atoms with E-state index in [1.807, 2.05) is 0 Å². The molecule has 0 saturated carbocycles. The summed E-state index contributed by atoms with van der Waals surface area (Å²) in [5, 5.41) is 13.9. The number of hydrogen-bond acceptors (Lipinski definition) is 5. The van der Waals surface area contributed by atoms with Gasteiger partial charge >= 0.3 is 0 Å². The van der Waals surface area contributed by atoms with Crippen molar-refractivity contribution >= 4 is 34.8 Å². The van der Waals surface area contributed by atoms with Crippen LogP contribution >= 0.6 is 0 Å². The Kier molecular flexibility index (Phi) is 4.36. The minimum atomic E-state index is -0.774. The van der Waals surface area contributed by atoms with Crippen molar-refractivity contribution in [3.63, 3.8) is 0 Å². The SMILES string of the molecule is O=C(Nc1cccc(N2C(=O)c3cccc([N+](=O)[O-])c3C2=O)c1)c1ccccc1. The Hall–Kier alpha value is -4.33. The van der Waals surface area contributed by atoms with E-state index >= 15 is 0 Å². The molecule has 0 fully saturated rings. The topological polar surface area (TPSA) is 110 Å². The fraction of sp³-hybridized carbons (Fsp3) is 0. The molecule has 0 spiro atoms. The third-order valence-electron chi connectivity index (χ3n) is 4.49. The molecule has 29 heavy (non-hydrogen) atoms. The Labute approximate surface area is 164 Å². The lowest BCUT2D eigenvalue weighted by molar-refractivity contribution is -0.385. The molecule has 3 aromatic carbocycles. The number of nitrogens with one attached hydrogen (secondary N) is 1. The molecule has 8 heteroatoms. The molecular formula is C21H13N3O5. The minimum Gasteiger partial charge on any atom is -0.322 e. The van der Waals surface area contributed by atoms with Crippen molar-refractivity contribution in [3.8, 4) is 0 Å². The van der Waals surface area contributed by atoms with Gasteiger partial charge in [0.15, 0.2) is 0 Å². The fourth-order valence-corrected chi connectivity index (χ4v) is 3.17. The van der Waals surface area contributed by atoms with Gasteiger partial charge in [0.1, 0.15) is 5.56 Å². The zero-order chi connectivity index (χ0) is 20.5. The molecule has 0 aliphatic carbocycles. The van der Waals surface area contributed by atoms with Crippen LogP contribution in [0.3, 0.4) is 0 Å². The number of hydrogen-bond donors (Lipinski definition) is 1. The molecule has 1 aliphatic heterocycles. The summed E-state index contributed by atoms with van der Waals surface area (Å²) in [6.07, 6.45) is 0. The summed E-state index contributed by atoms with van der Waals surface area (Å²) in [6.45, 7) is 0. The average Bonchev–Trinajstić information content (AvgIpc) is 2.99. The van der Waals surface area contributed by atoms with Gasteiger partial charge in [0.25, 0.3) is 23.4 Å². The van der Waals surface area contributed by atoms with Crippen LogP contribution in [0.4, 0.5) is 17.1 Å². The molecule has 1 N–H and O–H groups in total. The number of carbonyl (C=O) groups excluding carboxylic acids is 3. The summed E-state index contributed by atoms with van der Waals surface area (Å²) < 4.78 is 0. The van der Waals surface area contributed by atoms with Gasteiger partial charge in [-0.1, -0.05) is 30.3 Å². The van der Waals surface area contributed by atoms with E-state index in [-0.39, 0.29) is 22.7 Å². The highest BCUT2D eigenvalue weighted by Crippen LogP contribution is 2.34. The van der Waals surface area contributed by atoms with Crippen molar-refractivity contribution in [3.05, 3.63) is 99.6 Å². The Morgan fingerprint density at radius 2 is 1.62 bits per heavy atom. The lowest BCUT2D eigenvalue weighted by Crippen LogP contribution is -2.29. The van der Waals surface area contributed by atoms with E-state index in [0.717, 1.165) is 4.90 Å². The predicted molar refractivity (Wildman–Crippen MR) is 105 cm³/mol. The summed E-state index contributed by atoms with van der Waals surface area (Å²) in [5.74, 6) is -1.77. The van der Waals surface area contributed by atoms with E-state index in [2.05, 4.69) is 5.32 Å². The second-order valence-corrected chi connectivity index (χ2v) is 6.27. The Morgan fingerprint density at radius 1 is 0.897 bits per heavy atom. The van der Waals surface area contributed by atoms with Gasteiger partial charge in [0.05, 0.1) is 16.2 Å². The number of nitro benzene ring substituents is 1. The number of nitrogens with zero attached hydrogens (tertiary/aromatic N) is 2. The lowest BCUT2D eigenvalue weighted by atomic mass is 10.1. The largest absolute Gasteiger partial charge is 0.322 e. The summed E-state index contributed by atoms with van der Waals surface area (Å²) in [5.41, 5.74) is 0.356. The van der Waals surface area contributed by atoms with Crippen LogP contribution in [0.1, 0.15) is 31.1 Å². The molecular weight excluding hydrogens is 374 g/mol. The number of amides is 3. The molecule has 1 heterocycles. The third kappa shape index (κ3) is 3.12. The molecule has 4 rings (SSSR count). The van der Waals surface area contributed by atoms with Gasteiger partial charge in [-0.25, -0.2) is 4.90 Å². The molecule has 3 aromatic rings. The Bertz CT molecular complexity index is 1170. The first-order valence-electron chi connectivity index (χ1n) is 8.60. The first-order valence-corrected chi connectivity index (χ1v) is 8.60. The van der Waals surface area contributed by atoms with Crippen molar-refractivity contribution in [2.75, 3.05) is 10.2 Å². The zero-order valence-electron chi connectivity index (χ0n) is 14.9. The number of benzene rings is 3. The molecule has 1 aliphatic rings. The summed E-state index contributed by atoms with van der Waals surface area (Å²) in [4.78, 5) is 49.3. The standard InChI is InChI=1S/C21H13N3O5/c25-19(13-6-2-1-3-7-13)22-14-8-4-9-15(12-14)23-20(26)16-10-5-11-17(24(28)29)18(16)21(23)27/h1-12H,(H,22,25). The lowest BCUT2D eigenvalue weighted by Gasteiger charge is -2.15. The molecule has 142 valence electrons. The van der Waals surface area contributed by atoms with Gasteiger partial charge in [-0.3, -0.25) is 24.5 Å². The van der Waals surface area contributed by atoms with E-state index in [9.17, 15) is 24.5 Å². The molecule has 0 saturated heterocycles. The molecule has 0 aromatic heterocycles. The van der Waals surface area contributed by atoms with E-state index in [1.165, 1.54) is 30.3 Å². The van der Waals surface area contributed by atoms with Crippen LogP contribution in [0.25, 0.3) is 0 Å². The minimum absolute atomic E-state index is 0.0251. The van der Waals surface area contributed by atoms with Crippen molar-refractivity contribution in [1.29, 1.82) is 0 Å². The highest BCUT2D eigenvalue weighted by atomic mass is 16.6. The molecule has 8 nitrogen and oxygen atoms in total. The van der Waals surface area contributed by atoms with Crippen LogP contribution in [-0.4, -0.2) is 22.6 Å². The zero-order valence-corrected chi connectivity index (χ0v) is 14.9. The van der Waals surface area contributed by atoms with Gasteiger partial charge in [-0.15, -0.1) is 0 Å². The van der Waals surface area contributed by atoms with Gasteiger partial charge in [0.2, 0.25) is 0 Å². The van der Waals surface area contributed by atoms with E-state index in [4.69, 9.17) is 0 Å². The van der Waals surface area contributed by atoms with Crippen molar-refractivity contribution in [2.45, 2.75) is 0 Å². The smallest absolute Gasteiger partial charge is 0.283 e. The third-order valence-corrected chi connectivity index (χ3v) is 4.49. The van der Waals surface area contributed by atoms with E-state index < -0.39 is 22.4 Å². The van der Waals surface area contributed by atoms with Crippen LogP contribution in [0.15, 0.2) is 72.8 Å². The highest BCUT2D eigenvalue weighted by Gasteiger charge is 2.41. The van der Waals surface area contributed by atoms with Crippen LogP contribution in [0.5, 0.6) is 0 Å². The Balaban J connectivity index is 1.66. The quantitative estimate of drug-likeness (QED) is 0.417. The first kappa shape index (κ1) is 18.1. The molecule has 0 atom stereocenters. The average molecular weight is 387 g/mol. The predicted octanol–water partition coefficient (Wildman–Crippen LogP) is 3.65. The molecule has 0 unspecified atom stereocenters. The van der Waals surface area contributed by atoms with Gasteiger partial charge < -0.3 is 5.32 Å². The van der Waals surface area contributed by atoms with Gasteiger partial charge in [0, 0.05) is 17.3 Å². The fourth-order valence-electron chi connectivity index (χ4n) is 3.17. The molecule has 0 bridgehead atoms. The number of fused-ring (bicyclic) bond motifs is 1. The molecule has 3 amide bonds. The number of carbonyl (C=O) groups is 3. The van der Waals surface area contributed by atoms with Crippen LogP contribution in [0.2, 0.25) is 0 Å². The summed E-state index contributed by atoms with van der Waals surface area (Å²) in [6, 6.07) is 18.7. The van der Waals surface area contributed by atoms with Crippen LogP contribution < -0.4 is 10.2 Å². The van der Waals surface area contributed by atoms with Crippen molar-refractivity contribution < 1.29 is 19.3 Å². The number of imide groups is 1. The van der Waals surface area contributed by atoms with Crippen molar-refractivity contribution in [2.24, 2.45) is 0 Å². The maximum absolute atomic E-state index is 12.8. The van der Waals surface area contributed by atoms with E-state index in [0.29, 0.717) is 11.3 Å². The second kappa shape index (κ2) is 7.01. The van der Waals surface area contributed by atoms with Crippen LogP contribution in [0, 0.1) is 10.1 Å². The summed E-state index contributed by atoms with van der Waals surface area (Å²) in [7, 11) is 0. The van der Waals surface area contributed by atoms with E-state index in [1.54, 1.807) is 42.5 Å². The second-order valence-electron chi connectivity index (χ2n) is 6.27. The maximum atomic E-state index is 12.8.